The minimum Gasteiger partial charge on any atom is -0.370 e. The summed E-state index contributed by atoms with van der Waals surface area (Å²) in [5.41, 5.74) is 0. The minimum absolute atomic E-state index is 0.184. The molecule has 0 aliphatic heterocycles. The third-order valence-corrected chi connectivity index (χ3v) is 5.36. The number of hydrogen-bond donors (Lipinski definition) is 0. The number of hydrogen-bond acceptors (Lipinski definition) is 3. The molecular weight excluding hydrogens is 277 g/mol. The second-order valence-corrected chi connectivity index (χ2v) is 6.12. The molecule has 3 nitrogen and oxygen atoms in total. The molecule has 19 heavy (non-hydrogen) atoms. The Kier molecular flexibility index (Phi) is 5.99. The zero-order chi connectivity index (χ0) is 14.5. The van der Waals surface area contributed by atoms with E-state index in [2.05, 4.69) is 0 Å². The Bertz CT molecular complexity index is 412. The van der Waals surface area contributed by atoms with Gasteiger partial charge in [-0.3, -0.25) is 0 Å². The highest BCUT2D eigenvalue weighted by Crippen LogP contribution is 2.16. The fraction of sp³-hybridized carbons (Fsp3) is 0.500. The summed E-state index contributed by atoms with van der Waals surface area (Å²) in [4.78, 5) is 0. The van der Waals surface area contributed by atoms with Crippen molar-refractivity contribution in [1.29, 1.82) is 0 Å². The van der Waals surface area contributed by atoms with Gasteiger partial charge in [-0.15, -0.1) is 0 Å². The van der Waals surface area contributed by atoms with Gasteiger partial charge in [-0.2, -0.15) is 0 Å². The Morgan fingerprint density at radius 3 is 1.79 bits per heavy atom. The Hall–Kier alpha value is -0.893. The molecule has 1 aromatic rings. The molecule has 0 spiro atoms. The van der Waals surface area contributed by atoms with Crippen LogP contribution in [0.5, 0.6) is 0 Å². The summed E-state index contributed by atoms with van der Waals surface area (Å²) in [7, 11) is -3.63. The van der Waals surface area contributed by atoms with E-state index < -0.39 is 26.3 Å². The molecule has 0 heterocycles. The van der Waals surface area contributed by atoms with Crippen LogP contribution >= 0.6 is 0 Å². The van der Waals surface area contributed by atoms with Gasteiger partial charge in [0.1, 0.15) is 5.82 Å². The van der Waals surface area contributed by atoms with E-state index in [9.17, 15) is 13.2 Å². The Labute approximate surface area is 111 Å². The van der Waals surface area contributed by atoms with Gasteiger partial charge in [0, 0.05) is 25.9 Å². The molecule has 0 aliphatic carbocycles. The van der Waals surface area contributed by atoms with Gasteiger partial charge in [0.05, 0.1) is 5.19 Å². The van der Waals surface area contributed by atoms with E-state index in [4.69, 9.17) is 13.3 Å². The van der Waals surface area contributed by atoms with Crippen molar-refractivity contribution in [2.45, 2.75) is 20.8 Å². The third kappa shape index (κ3) is 3.56. The molecule has 0 aliphatic rings. The molecule has 1 aromatic carbocycles. The van der Waals surface area contributed by atoms with Crippen LogP contribution in [-0.4, -0.2) is 28.6 Å². The second-order valence-electron chi connectivity index (χ2n) is 3.60. The number of benzene rings is 1. The SMILES string of the molecule is CCO[Si](OCC)(OCC)c1cc(F)cc(F)c1F. The summed E-state index contributed by atoms with van der Waals surface area (Å²) in [6.07, 6.45) is 0. The number of halogens is 3. The average molecular weight is 294 g/mol. The first-order valence-electron chi connectivity index (χ1n) is 6.07. The molecule has 0 saturated carbocycles. The molecule has 0 atom stereocenters. The van der Waals surface area contributed by atoms with Gasteiger partial charge < -0.3 is 13.3 Å². The van der Waals surface area contributed by atoms with Gasteiger partial charge in [0.2, 0.25) is 0 Å². The molecule has 0 N–H and O–H groups in total. The summed E-state index contributed by atoms with van der Waals surface area (Å²) in [6, 6.07) is 1.34. The van der Waals surface area contributed by atoms with Crippen molar-refractivity contribution in [3.05, 3.63) is 29.6 Å². The maximum atomic E-state index is 13.9. The monoisotopic (exact) mass is 294 g/mol. The van der Waals surface area contributed by atoms with E-state index in [1.165, 1.54) is 0 Å². The average Bonchev–Trinajstić information content (AvgIpc) is 2.34. The van der Waals surface area contributed by atoms with Gasteiger partial charge in [-0.05, 0) is 26.8 Å². The van der Waals surface area contributed by atoms with Crippen molar-refractivity contribution in [2.75, 3.05) is 19.8 Å². The number of rotatable bonds is 7. The first kappa shape index (κ1) is 16.2. The Morgan fingerprint density at radius 1 is 0.895 bits per heavy atom. The fourth-order valence-electron chi connectivity index (χ4n) is 1.71. The van der Waals surface area contributed by atoms with Gasteiger partial charge in [-0.1, -0.05) is 0 Å². The maximum Gasteiger partial charge on any atom is 0.540 e. The van der Waals surface area contributed by atoms with Crippen molar-refractivity contribution in [3.8, 4) is 0 Å². The molecule has 0 amide bonds. The summed E-state index contributed by atoms with van der Waals surface area (Å²) >= 11 is 0. The van der Waals surface area contributed by atoms with Crippen LogP contribution in [-0.2, 0) is 13.3 Å². The van der Waals surface area contributed by atoms with Gasteiger partial charge in [-0.25, -0.2) is 13.2 Å². The van der Waals surface area contributed by atoms with Crippen LogP contribution in [0.15, 0.2) is 12.1 Å². The quantitative estimate of drug-likeness (QED) is 0.571. The summed E-state index contributed by atoms with van der Waals surface area (Å²) in [5.74, 6) is -3.38. The molecule has 0 fully saturated rings. The maximum absolute atomic E-state index is 13.9. The highest BCUT2D eigenvalue weighted by molar-refractivity contribution is 6.75. The second kappa shape index (κ2) is 7.04. The predicted molar refractivity (Wildman–Crippen MR) is 66.6 cm³/mol. The summed E-state index contributed by atoms with van der Waals surface area (Å²) in [6.45, 7) is 5.57. The zero-order valence-electron chi connectivity index (χ0n) is 11.1. The Balaban J connectivity index is 3.37. The van der Waals surface area contributed by atoms with Crippen LogP contribution in [0.1, 0.15) is 20.8 Å². The van der Waals surface area contributed by atoms with Gasteiger partial charge in [0.15, 0.2) is 11.6 Å². The van der Waals surface area contributed by atoms with E-state index in [0.717, 1.165) is 6.07 Å². The molecule has 0 unspecified atom stereocenters. The van der Waals surface area contributed by atoms with E-state index in [0.29, 0.717) is 6.07 Å². The van der Waals surface area contributed by atoms with Gasteiger partial charge >= 0.3 is 8.80 Å². The van der Waals surface area contributed by atoms with Crippen molar-refractivity contribution < 1.29 is 26.4 Å². The van der Waals surface area contributed by atoms with Crippen molar-refractivity contribution in [2.24, 2.45) is 0 Å². The molecule has 1 rings (SSSR count). The van der Waals surface area contributed by atoms with E-state index >= 15 is 0 Å². The van der Waals surface area contributed by atoms with Crippen LogP contribution < -0.4 is 5.19 Å². The lowest BCUT2D eigenvalue weighted by atomic mass is 10.3. The highest BCUT2D eigenvalue weighted by Gasteiger charge is 2.46. The van der Waals surface area contributed by atoms with Crippen LogP contribution in [0.25, 0.3) is 0 Å². The molecule has 108 valence electrons. The summed E-state index contributed by atoms with van der Waals surface area (Å²) < 4.78 is 56.8. The first-order valence-corrected chi connectivity index (χ1v) is 7.80. The lowest BCUT2D eigenvalue weighted by molar-refractivity contribution is 0.0849. The topological polar surface area (TPSA) is 27.7 Å². The highest BCUT2D eigenvalue weighted by atomic mass is 28.4. The van der Waals surface area contributed by atoms with Crippen molar-refractivity contribution in [1.82, 2.24) is 0 Å². The molecule has 0 radical (unpaired) electrons. The Morgan fingerprint density at radius 2 is 1.37 bits per heavy atom. The summed E-state index contributed by atoms with van der Waals surface area (Å²) in [5, 5.41) is -0.310. The van der Waals surface area contributed by atoms with Crippen LogP contribution in [0.4, 0.5) is 13.2 Å². The van der Waals surface area contributed by atoms with Crippen molar-refractivity contribution >= 4 is 14.0 Å². The van der Waals surface area contributed by atoms with E-state index in [-0.39, 0.29) is 25.0 Å². The van der Waals surface area contributed by atoms with Crippen molar-refractivity contribution in [3.63, 3.8) is 0 Å². The van der Waals surface area contributed by atoms with E-state index in [1.54, 1.807) is 20.8 Å². The molecule has 0 aromatic heterocycles. The predicted octanol–water partition coefficient (Wildman–Crippen LogP) is 2.36. The molecule has 0 bridgehead atoms. The lowest BCUT2D eigenvalue weighted by Crippen LogP contribution is -2.58. The molecular formula is C12H17F3O3Si. The minimum atomic E-state index is -3.63. The largest absolute Gasteiger partial charge is 0.540 e. The van der Waals surface area contributed by atoms with Crippen LogP contribution in [0.3, 0.4) is 0 Å². The zero-order valence-corrected chi connectivity index (χ0v) is 12.1. The smallest absolute Gasteiger partial charge is 0.370 e. The molecule has 0 saturated heterocycles. The first-order chi connectivity index (χ1) is 9.00. The standard InChI is InChI=1S/C12H17F3O3Si/c1-4-16-19(17-5-2,18-6-3)11-8-9(13)7-10(14)12(11)15/h7-8H,4-6H2,1-3H3. The fourth-order valence-corrected chi connectivity index (χ4v) is 4.27. The molecule has 7 heteroatoms. The van der Waals surface area contributed by atoms with Crippen LogP contribution in [0, 0.1) is 17.5 Å². The third-order valence-electron chi connectivity index (χ3n) is 2.33. The van der Waals surface area contributed by atoms with Crippen LogP contribution in [0.2, 0.25) is 0 Å². The lowest BCUT2D eigenvalue weighted by Gasteiger charge is -2.28. The van der Waals surface area contributed by atoms with Gasteiger partial charge in [0.25, 0.3) is 0 Å². The van der Waals surface area contributed by atoms with E-state index in [1.807, 2.05) is 0 Å². The normalized spacial score (nSPS) is 11.9.